The average molecular weight is 626 g/mol. The third-order valence-corrected chi connectivity index (χ3v) is 9.96. The van der Waals surface area contributed by atoms with Gasteiger partial charge in [-0.1, -0.05) is 137 Å². The Bertz CT molecular complexity index is 2450. The highest BCUT2D eigenvalue weighted by Crippen LogP contribution is 2.43. The van der Waals surface area contributed by atoms with Crippen LogP contribution >= 0.6 is 0 Å². The third kappa shape index (κ3) is 4.68. The number of aromatic nitrogens is 2. The molecular weight excluding hydrogens is 585 g/mol. The van der Waals surface area contributed by atoms with E-state index in [2.05, 4.69) is 178 Å². The molecule has 0 aliphatic carbocycles. The van der Waals surface area contributed by atoms with Crippen LogP contribution in [0.25, 0.3) is 72.3 Å². The first-order valence-electron chi connectivity index (χ1n) is 17.1. The Hall–Kier alpha value is -5.41. The minimum absolute atomic E-state index is 0.357. The van der Waals surface area contributed by atoms with Crippen molar-refractivity contribution in [1.29, 1.82) is 0 Å². The van der Waals surface area contributed by atoms with Crippen molar-refractivity contribution in [2.75, 3.05) is 0 Å². The minimum Gasteiger partial charge on any atom is -0.454 e. The molecule has 0 radical (unpaired) electrons. The molecule has 2 heterocycles. The van der Waals surface area contributed by atoms with E-state index in [1.165, 1.54) is 44.5 Å². The standard InChI is InChI=1S/C45H41N2O/c1-28(2)34-19-13-20-35(29(3)4)42(34)47-40-24-11-10-23-39(40)46(6)45(47)41-30(5)25-26-38-37-22-14-21-36(43(37)48-44(38)41)33-18-12-17-32(27-33)31-15-8-7-9-16-31/h7-29H,1-6H3/q+1. The lowest BCUT2D eigenvalue weighted by Gasteiger charge is -2.18. The number of hydrogen-bond acceptors (Lipinski definition) is 1. The normalized spacial score (nSPS) is 11.9. The second-order valence-corrected chi connectivity index (χ2v) is 13.7. The van der Waals surface area contributed by atoms with Crippen molar-refractivity contribution in [3.63, 3.8) is 0 Å². The van der Waals surface area contributed by atoms with E-state index < -0.39 is 0 Å². The van der Waals surface area contributed by atoms with Gasteiger partial charge in [0.2, 0.25) is 0 Å². The van der Waals surface area contributed by atoms with E-state index in [9.17, 15) is 0 Å². The summed E-state index contributed by atoms with van der Waals surface area (Å²) in [6.45, 7) is 11.4. The Morgan fingerprint density at radius 2 is 1.21 bits per heavy atom. The van der Waals surface area contributed by atoms with Gasteiger partial charge in [-0.3, -0.25) is 0 Å². The maximum Gasteiger partial charge on any atom is 0.299 e. The van der Waals surface area contributed by atoms with Gasteiger partial charge in [0, 0.05) is 27.5 Å². The van der Waals surface area contributed by atoms with E-state index >= 15 is 0 Å². The van der Waals surface area contributed by atoms with Crippen LogP contribution in [0.2, 0.25) is 0 Å². The molecule has 2 aromatic heterocycles. The topological polar surface area (TPSA) is 21.9 Å². The molecule has 0 aliphatic heterocycles. The first kappa shape index (κ1) is 30.0. The van der Waals surface area contributed by atoms with Gasteiger partial charge in [-0.2, -0.15) is 4.57 Å². The second kappa shape index (κ2) is 11.7. The smallest absolute Gasteiger partial charge is 0.299 e. The van der Waals surface area contributed by atoms with Crippen LogP contribution in [0.1, 0.15) is 56.2 Å². The molecule has 0 saturated carbocycles. The van der Waals surface area contributed by atoms with Crippen molar-refractivity contribution in [1.82, 2.24) is 4.57 Å². The predicted octanol–water partition coefficient (Wildman–Crippen LogP) is 11.9. The average Bonchev–Trinajstić information content (AvgIpc) is 3.63. The van der Waals surface area contributed by atoms with Gasteiger partial charge < -0.3 is 4.42 Å². The van der Waals surface area contributed by atoms with Crippen LogP contribution in [0, 0.1) is 6.92 Å². The zero-order valence-electron chi connectivity index (χ0n) is 28.6. The molecule has 0 amide bonds. The molecule has 0 saturated heterocycles. The minimum atomic E-state index is 0.357. The Balaban J connectivity index is 1.45. The molecule has 236 valence electrons. The number of para-hydroxylation sites is 4. The maximum atomic E-state index is 7.12. The third-order valence-electron chi connectivity index (χ3n) is 9.96. The summed E-state index contributed by atoms with van der Waals surface area (Å²) in [5.74, 6) is 1.84. The molecule has 0 atom stereocenters. The summed E-state index contributed by atoms with van der Waals surface area (Å²) in [6, 6.07) is 46.0. The lowest BCUT2D eigenvalue weighted by Crippen LogP contribution is -2.30. The zero-order valence-corrected chi connectivity index (χ0v) is 28.6. The van der Waals surface area contributed by atoms with Gasteiger partial charge in [0.25, 0.3) is 5.82 Å². The summed E-state index contributed by atoms with van der Waals surface area (Å²) < 4.78 is 12.0. The SMILES string of the molecule is Cc1ccc2c(oc3c(-c4cccc(-c5ccccc5)c4)cccc32)c1-c1n(-c2c(C(C)C)cccc2C(C)C)c2ccccc2[n+]1C. The number of imidazole rings is 1. The van der Waals surface area contributed by atoms with Gasteiger partial charge in [-0.15, -0.1) is 0 Å². The Morgan fingerprint density at radius 3 is 1.96 bits per heavy atom. The summed E-state index contributed by atoms with van der Waals surface area (Å²) in [6.07, 6.45) is 0. The van der Waals surface area contributed by atoms with Gasteiger partial charge in [0.05, 0.1) is 7.05 Å². The fourth-order valence-corrected chi connectivity index (χ4v) is 7.55. The Labute approximate surface area is 282 Å². The zero-order chi connectivity index (χ0) is 33.1. The molecule has 6 aromatic carbocycles. The van der Waals surface area contributed by atoms with Crippen LogP contribution in [0.3, 0.4) is 0 Å². The number of rotatable bonds is 6. The van der Waals surface area contributed by atoms with Crippen molar-refractivity contribution in [3.8, 4) is 39.3 Å². The highest BCUT2D eigenvalue weighted by atomic mass is 16.3. The summed E-state index contributed by atoms with van der Waals surface area (Å²) in [4.78, 5) is 0. The van der Waals surface area contributed by atoms with Crippen LogP contribution in [-0.4, -0.2) is 4.57 Å². The number of nitrogens with zero attached hydrogens (tertiary/aromatic N) is 2. The highest BCUT2D eigenvalue weighted by molar-refractivity contribution is 6.13. The van der Waals surface area contributed by atoms with E-state index in [-0.39, 0.29) is 0 Å². The summed E-state index contributed by atoms with van der Waals surface area (Å²) in [5.41, 5.74) is 15.1. The first-order valence-corrected chi connectivity index (χ1v) is 17.1. The number of benzene rings is 6. The number of hydrogen-bond donors (Lipinski definition) is 0. The molecular formula is C45H41N2O+. The van der Waals surface area contributed by atoms with Crippen molar-refractivity contribution in [2.45, 2.75) is 46.5 Å². The van der Waals surface area contributed by atoms with E-state index in [0.29, 0.717) is 11.8 Å². The molecule has 0 spiro atoms. The van der Waals surface area contributed by atoms with E-state index in [0.717, 1.165) is 44.5 Å². The van der Waals surface area contributed by atoms with Crippen molar-refractivity contribution in [2.24, 2.45) is 7.05 Å². The van der Waals surface area contributed by atoms with Crippen molar-refractivity contribution >= 4 is 33.0 Å². The number of fused-ring (bicyclic) bond motifs is 4. The summed E-state index contributed by atoms with van der Waals surface area (Å²) in [5, 5.41) is 2.26. The van der Waals surface area contributed by atoms with Gasteiger partial charge in [-0.25, -0.2) is 4.57 Å². The molecule has 0 bridgehead atoms. The van der Waals surface area contributed by atoms with Crippen molar-refractivity contribution in [3.05, 3.63) is 144 Å². The molecule has 0 aliphatic rings. The summed E-state index contributed by atoms with van der Waals surface area (Å²) >= 11 is 0. The molecule has 0 fully saturated rings. The van der Waals surface area contributed by atoms with E-state index in [4.69, 9.17) is 4.42 Å². The largest absolute Gasteiger partial charge is 0.454 e. The summed E-state index contributed by atoms with van der Waals surface area (Å²) in [7, 11) is 2.20. The first-order chi connectivity index (χ1) is 23.3. The van der Waals surface area contributed by atoms with Gasteiger partial charge in [-0.05, 0) is 59.2 Å². The lowest BCUT2D eigenvalue weighted by atomic mass is 9.92. The molecule has 8 aromatic rings. The van der Waals surface area contributed by atoms with E-state index in [1.807, 2.05) is 0 Å². The van der Waals surface area contributed by atoms with Crippen LogP contribution in [0.5, 0.6) is 0 Å². The van der Waals surface area contributed by atoms with Crippen molar-refractivity contribution < 1.29 is 8.98 Å². The van der Waals surface area contributed by atoms with Gasteiger partial charge >= 0.3 is 0 Å². The van der Waals surface area contributed by atoms with Crippen LogP contribution < -0.4 is 4.57 Å². The Kier molecular flexibility index (Phi) is 7.29. The quantitative estimate of drug-likeness (QED) is 0.169. The highest BCUT2D eigenvalue weighted by Gasteiger charge is 2.33. The fourth-order valence-electron chi connectivity index (χ4n) is 7.55. The second-order valence-electron chi connectivity index (χ2n) is 13.7. The van der Waals surface area contributed by atoms with Gasteiger partial charge in [0.15, 0.2) is 16.6 Å². The van der Waals surface area contributed by atoms with Crippen LogP contribution in [-0.2, 0) is 7.05 Å². The molecule has 8 rings (SSSR count). The Morgan fingerprint density at radius 1 is 0.583 bits per heavy atom. The number of aryl methyl sites for hydroxylation is 2. The van der Waals surface area contributed by atoms with E-state index in [1.54, 1.807) is 0 Å². The van der Waals surface area contributed by atoms with Gasteiger partial charge in [0.1, 0.15) is 16.8 Å². The van der Waals surface area contributed by atoms with Crippen LogP contribution in [0.15, 0.2) is 132 Å². The molecule has 0 N–H and O–H groups in total. The van der Waals surface area contributed by atoms with Crippen LogP contribution in [0.4, 0.5) is 0 Å². The lowest BCUT2D eigenvalue weighted by molar-refractivity contribution is -0.633. The maximum absolute atomic E-state index is 7.12. The number of furan rings is 1. The predicted molar refractivity (Wildman–Crippen MR) is 201 cm³/mol. The molecule has 3 heteroatoms. The monoisotopic (exact) mass is 625 g/mol. The molecule has 0 unspecified atom stereocenters. The molecule has 48 heavy (non-hydrogen) atoms. The fraction of sp³-hybridized carbons (Fsp3) is 0.178. The molecule has 3 nitrogen and oxygen atoms in total.